The number of phenolic OH excluding ortho intramolecular Hbond substituents is 1. The summed E-state index contributed by atoms with van der Waals surface area (Å²) >= 11 is 5.87. The standard InChI is InChI=1S/C18H18ClNO4/c1-11(8-12-4-7-16(23-2)17(9-12)24-3)18(22)20-14-10-13(19)5-6-15(14)21/h4-10,21H,1-3H3,(H,20,22)/b11-8+. The number of halogens is 1. The van der Waals surface area contributed by atoms with Gasteiger partial charge in [0.25, 0.3) is 5.91 Å². The highest BCUT2D eigenvalue weighted by Gasteiger charge is 2.10. The van der Waals surface area contributed by atoms with Gasteiger partial charge in [0, 0.05) is 10.6 Å². The Morgan fingerprint density at radius 1 is 1.12 bits per heavy atom. The van der Waals surface area contributed by atoms with Gasteiger partial charge < -0.3 is 19.9 Å². The third-order valence-corrected chi connectivity index (χ3v) is 3.59. The van der Waals surface area contributed by atoms with Crippen molar-refractivity contribution in [1.82, 2.24) is 0 Å². The fourth-order valence-corrected chi connectivity index (χ4v) is 2.26. The van der Waals surface area contributed by atoms with E-state index in [1.165, 1.54) is 12.1 Å². The van der Waals surface area contributed by atoms with Crippen molar-refractivity contribution in [3.63, 3.8) is 0 Å². The van der Waals surface area contributed by atoms with Gasteiger partial charge in [0.05, 0.1) is 19.9 Å². The molecule has 0 fully saturated rings. The lowest BCUT2D eigenvalue weighted by atomic mass is 10.1. The van der Waals surface area contributed by atoms with Gasteiger partial charge in [-0.3, -0.25) is 4.79 Å². The zero-order chi connectivity index (χ0) is 17.7. The molecular weight excluding hydrogens is 330 g/mol. The van der Waals surface area contributed by atoms with Gasteiger partial charge in [-0.2, -0.15) is 0 Å². The van der Waals surface area contributed by atoms with E-state index in [1.54, 1.807) is 45.4 Å². The average Bonchev–Trinajstić information content (AvgIpc) is 2.57. The minimum Gasteiger partial charge on any atom is -0.506 e. The van der Waals surface area contributed by atoms with Gasteiger partial charge in [-0.15, -0.1) is 0 Å². The van der Waals surface area contributed by atoms with Crippen molar-refractivity contribution in [3.8, 4) is 17.2 Å². The molecule has 5 nitrogen and oxygen atoms in total. The summed E-state index contributed by atoms with van der Waals surface area (Å²) in [6.45, 7) is 1.67. The number of rotatable bonds is 5. The maximum Gasteiger partial charge on any atom is 0.251 e. The molecule has 0 spiro atoms. The number of nitrogens with one attached hydrogen (secondary N) is 1. The van der Waals surface area contributed by atoms with Gasteiger partial charge in [0.2, 0.25) is 0 Å². The molecule has 0 aliphatic heterocycles. The fraction of sp³-hybridized carbons (Fsp3) is 0.167. The van der Waals surface area contributed by atoms with E-state index in [2.05, 4.69) is 5.32 Å². The van der Waals surface area contributed by atoms with Crippen molar-refractivity contribution >= 4 is 29.3 Å². The molecule has 2 aromatic carbocycles. The Morgan fingerprint density at radius 3 is 2.50 bits per heavy atom. The number of hydrogen-bond donors (Lipinski definition) is 2. The zero-order valence-corrected chi connectivity index (χ0v) is 14.3. The van der Waals surface area contributed by atoms with Crippen molar-refractivity contribution in [2.24, 2.45) is 0 Å². The monoisotopic (exact) mass is 347 g/mol. The van der Waals surface area contributed by atoms with E-state index in [0.29, 0.717) is 22.1 Å². The number of methoxy groups -OCH3 is 2. The van der Waals surface area contributed by atoms with Gasteiger partial charge in [-0.05, 0) is 48.9 Å². The van der Waals surface area contributed by atoms with Gasteiger partial charge in [-0.25, -0.2) is 0 Å². The first-order chi connectivity index (χ1) is 11.4. The van der Waals surface area contributed by atoms with Crippen molar-refractivity contribution < 1.29 is 19.4 Å². The number of amides is 1. The van der Waals surface area contributed by atoms with Crippen LogP contribution in [0.1, 0.15) is 12.5 Å². The number of anilines is 1. The number of benzene rings is 2. The summed E-state index contributed by atoms with van der Waals surface area (Å²) < 4.78 is 10.4. The van der Waals surface area contributed by atoms with Crippen LogP contribution in [0.2, 0.25) is 5.02 Å². The lowest BCUT2D eigenvalue weighted by Crippen LogP contribution is -2.12. The average molecular weight is 348 g/mol. The lowest BCUT2D eigenvalue weighted by Gasteiger charge is -2.09. The maximum atomic E-state index is 12.3. The summed E-state index contributed by atoms with van der Waals surface area (Å²) in [5.41, 5.74) is 1.50. The number of aromatic hydroxyl groups is 1. The Labute approximate surface area is 145 Å². The summed E-state index contributed by atoms with van der Waals surface area (Å²) in [6, 6.07) is 9.79. The molecule has 0 aliphatic rings. The van der Waals surface area contributed by atoms with Crippen LogP contribution in [0.5, 0.6) is 17.2 Å². The van der Waals surface area contributed by atoms with E-state index in [4.69, 9.17) is 21.1 Å². The summed E-state index contributed by atoms with van der Waals surface area (Å²) in [7, 11) is 3.11. The second-order valence-corrected chi connectivity index (χ2v) is 5.49. The predicted molar refractivity (Wildman–Crippen MR) is 94.9 cm³/mol. The molecule has 2 N–H and O–H groups in total. The first-order valence-corrected chi connectivity index (χ1v) is 7.52. The van der Waals surface area contributed by atoms with Crippen LogP contribution >= 0.6 is 11.6 Å². The van der Waals surface area contributed by atoms with E-state index >= 15 is 0 Å². The number of carbonyl (C=O) groups excluding carboxylic acids is 1. The van der Waals surface area contributed by atoms with Crippen LogP contribution in [0.4, 0.5) is 5.69 Å². The molecule has 6 heteroatoms. The van der Waals surface area contributed by atoms with Crippen LogP contribution in [0, 0.1) is 0 Å². The molecule has 0 unspecified atom stereocenters. The first kappa shape index (κ1) is 17.7. The molecule has 2 aromatic rings. The SMILES string of the molecule is COc1ccc(/C=C(\C)C(=O)Nc2cc(Cl)ccc2O)cc1OC. The second-order valence-electron chi connectivity index (χ2n) is 5.06. The normalized spacial score (nSPS) is 11.1. The highest BCUT2D eigenvalue weighted by atomic mass is 35.5. The summed E-state index contributed by atoms with van der Waals surface area (Å²) in [6.07, 6.45) is 1.71. The molecular formula is C18H18ClNO4. The van der Waals surface area contributed by atoms with Gasteiger partial charge >= 0.3 is 0 Å². The Morgan fingerprint density at radius 2 is 1.83 bits per heavy atom. The molecule has 0 aliphatic carbocycles. The Hall–Kier alpha value is -2.66. The lowest BCUT2D eigenvalue weighted by molar-refractivity contribution is -0.112. The number of ether oxygens (including phenoxy) is 2. The van der Waals surface area contributed by atoms with Gasteiger partial charge in [-0.1, -0.05) is 17.7 Å². The van der Waals surface area contributed by atoms with Crippen molar-refractivity contribution in [3.05, 3.63) is 52.6 Å². The molecule has 0 saturated carbocycles. The summed E-state index contributed by atoms with van der Waals surface area (Å²) in [5.74, 6) is 0.793. The van der Waals surface area contributed by atoms with E-state index < -0.39 is 0 Å². The molecule has 0 atom stereocenters. The van der Waals surface area contributed by atoms with Crippen LogP contribution in [0.25, 0.3) is 6.08 Å². The summed E-state index contributed by atoms with van der Waals surface area (Å²) in [4.78, 5) is 12.3. The van der Waals surface area contributed by atoms with E-state index in [9.17, 15) is 9.90 Å². The zero-order valence-electron chi connectivity index (χ0n) is 13.6. The summed E-state index contributed by atoms with van der Waals surface area (Å²) in [5, 5.41) is 12.8. The Balaban J connectivity index is 2.21. The van der Waals surface area contributed by atoms with Crippen LogP contribution in [0.3, 0.4) is 0 Å². The van der Waals surface area contributed by atoms with Gasteiger partial charge in [0.15, 0.2) is 11.5 Å². The van der Waals surface area contributed by atoms with E-state index in [1.807, 2.05) is 6.07 Å². The number of carbonyl (C=O) groups is 1. The van der Waals surface area contributed by atoms with Crippen LogP contribution in [-0.4, -0.2) is 25.2 Å². The third-order valence-electron chi connectivity index (χ3n) is 3.36. The van der Waals surface area contributed by atoms with Crippen molar-refractivity contribution in [2.45, 2.75) is 6.92 Å². The quantitative estimate of drug-likeness (QED) is 0.631. The highest BCUT2D eigenvalue weighted by Crippen LogP contribution is 2.29. The highest BCUT2D eigenvalue weighted by molar-refractivity contribution is 6.31. The van der Waals surface area contributed by atoms with Crippen molar-refractivity contribution in [1.29, 1.82) is 0 Å². The smallest absolute Gasteiger partial charge is 0.251 e. The van der Waals surface area contributed by atoms with Crippen LogP contribution in [0.15, 0.2) is 42.0 Å². The molecule has 24 heavy (non-hydrogen) atoms. The van der Waals surface area contributed by atoms with Crippen LogP contribution in [-0.2, 0) is 4.79 Å². The molecule has 2 rings (SSSR count). The molecule has 0 saturated heterocycles. The van der Waals surface area contributed by atoms with Gasteiger partial charge in [0.1, 0.15) is 5.75 Å². The molecule has 126 valence electrons. The number of hydrogen-bond acceptors (Lipinski definition) is 4. The Bertz CT molecular complexity index is 787. The number of phenols is 1. The molecule has 1 amide bonds. The first-order valence-electron chi connectivity index (χ1n) is 7.14. The van der Waals surface area contributed by atoms with E-state index in [-0.39, 0.29) is 17.3 Å². The molecule has 0 radical (unpaired) electrons. The molecule has 0 aromatic heterocycles. The molecule has 0 bridgehead atoms. The van der Waals surface area contributed by atoms with Crippen LogP contribution < -0.4 is 14.8 Å². The van der Waals surface area contributed by atoms with E-state index in [0.717, 1.165) is 5.56 Å². The third kappa shape index (κ3) is 4.20. The Kier molecular flexibility index (Phi) is 5.71. The van der Waals surface area contributed by atoms with Crippen molar-refractivity contribution in [2.75, 3.05) is 19.5 Å². The molecule has 0 heterocycles. The largest absolute Gasteiger partial charge is 0.506 e. The predicted octanol–water partition coefficient (Wildman–Crippen LogP) is 4.10. The maximum absolute atomic E-state index is 12.3. The minimum absolute atomic E-state index is 0.0494. The fourth-order valence-electron chi connectivity index (χ4n) is 2.09. The minimum atomic E-state index is -0.345. The second kappa shape index (κ2) is 7.75. The topological polar surface area (TPSA) is 67.8 Å².